The van der Waals surface area contributed by atoms with Crippen molar-refractivity contribution in [3.05, 3.63) is 36.7 Å². The molecule has 1 atom stereocenters. The lowest BCUT2D eigenvalue weighted by atomic mass is 9.92. The van der Waals surface area contributed by atoms with Gasteiger partial charge in [-0.15, -0.1) is 10.2 Å². The molecular formula is C15H19N5O. The van der Waals surface area contributed by atoms with E-state index in [1.165, 1.54) is 0 Å². The van der Waals surface area contributed by atoms with Crippen LogP contribution in [0.1, 0.15) is 26.2 Å². The number of aromatic nitrogens is 3. The first-order valence-electron chi connectivity index (χ1n) is 7.22. The first-order chi connectivity index (χ1) is 10.2. The summed E-state index contributed by atoms with van der Waals surface area (Å²) in [7, 11) is 0. The van der Waals surface area contributed by atoms with Crippen molar-refractivity contribution in [3.8, 4) is 5.69 Å². The van der Waals surface area contributed by atoms with E-state index >= 15 is 0 Å². The predicted octanol–water partition coefficient (Wildman–Crippen LogP) is 1.50. The molecule has 1 aliphatic rings. The molecule has 0 bridgehead atoms. The van der Waals surface area contributed by atoms with Crippen molar-refractivity contribution in [2.45, 2.75) is 31.7 Å². The molecule has 2 N–H and O–H groups in total. The van der Waals surface area contributed by atoms with Gasteiger partial charge in [-0.25, -0.2) is 0 Å². The van der Waals surface area contributed by atoms with Gasteiger partial charge in [-0.05, 0) is 31.4 Å². The van der Waals surface area contributed by atoms with Crippen molar-refractivity contribution in [3.63, 3.8) is 0 Å². The summed E-state index contributed by atoms with van der Waals surface area (Å²) in [5.74, 6) is 0.393. The highest BCUT2D eigenvalue weighted by atomic mass is 16.1. The number of nitrogens with two attached hydrogens (primary N) is 1. The van der Waals surface area contributed by atoms with Gasteiger partial charge in [0.25, 0.3) is 0 Å². The predicted molar refractivity (Wildman–Crippen MR) is 80.2 cm³/mol. The van der Waals surface area contributed by atoms with Gasteiger partial charge < -0.3 is 10.6 Å². The number of hydrogen-bond donors (Lipinski definition) is 1. The van der Waals surface area contributed by atoms with E-state index in [-0.39, 0.29) is 5.91 Å². The topological polar surface area (TPSA) is 77.0 Å². The first kappa shape index (κ1) is 13.6. The molecular weight excluding hydrogens is 266 g/mol. The van der Waals surface area contributed by atoms with Crippen LogP contribution in [0.25, 0.3) is 5.69 Å². The standard InChI is InChI=1S/C15H19N5O/c1-2-15(13(16)21)9-6-10-20(15)14-18-17-11-19(14)12-7-4-3-5-8-12/h3-5,7-8,11H,2,6,9-10H2,1H3,(H2,16,21). The van der Waals surface area contributed by atoms with Crippen LogP contribution in [0.5, 0.6) is 0 Å². The number of primary amides is 1. The van der Waals surface area contributed by atoms with Gasteiger partial charge in [0.05, 0.1) is 5.69 Å². The fraction of sp³-hybridized carbons (Fsp3) is 0.400. The van der Waals surface area contributed by atoms with E-state index in [0.29, 0.717) is 12.4 Å². The van der Waals surface area contributed by atoms with Crippen LogP contribution in [0.2, 0.25) is 0 Å². The van der Waals surface area contributed by atoms with Crippen molar-refractivity contribution in [2.24, 2.45) is 5.73 Å². The number of rotatable bonds is 4. The van der Waals surface area contributed by atoms with Crippen molar-refractivity contribution < 1.29 is 4.79 Å². The molecule has 1 aromatic heterocycles. The lowest BCUT2D eigenvalue weighted by molar-refractivity contribution is -0.123. The SMILES string of the molecule is CCC1(C(N)=O)CCCN1c1nncn1-c1ccccc1. The van der Waals surface area contributed by atoms with Crippen LogP contribution in [-0.4, -0.2) is 32.8 Å². The third kappa shape index (κ3) is 2.07. The summed E-state index contributed by atoms with van der Waals surface area (Å²) < 4.78 is 1.90. The number of nitrogens with zero attached hydrogens (tertiary/aromatic N) is 4. The summed E-state index contributed by atoms with van der Waals surface area (Å²) in [6, 6.07) is 9.86. The zero-order valence-electron chi connectivity index (χ0n) is 12.1. The summed E-state index contributed by atoms with van der Waals surface area (Å²) in [5, 5.41) is 8.25. The van der Waals surface area contributed by atoms with Crippen molar-refractivity contribution in [1.82, 2.24) is 14.8 Å². The first-order valence-corrected chi connectivity index (χ1v) is 7.22. The molecule has 2 aromatic rings. The maximum absolute atomic E-state index is 12.0. The van der Waals surface area contributed by atoms with Crippen molar-refractivity contribution >= 4 is 11.9 Å². The molecule has 1 aromatic carbocycles. The number of benzene rings is 1. The number of anilines is 1. The monoisotopic (exact) mass is 285 g/mol. The molecule has 0 saturated carbocycles. The van der Waals surface area contributed by atoms with Gasteiger partial charge in [0, 0.05) is 6.54 Å². The highest BCUT2D eigenvalue weighted by Gasteiger charge is 2.46. The van der Waals surface area contributed by atoms with Gasteiger partial charge in [-0.3, -0.25) is 9.36 Å². The third-order valence-corrected chi connectivity index (χ3v) is 4.34. The molecule has 3 rings (SSSR count). The quantitative estimate of drug-likeness (QED) is 0.923. The third-order valence-electron chi connectivity index (χ3n) is 4.34. The largest absolute Gasteiger partial charge is 0.368 e. The number of hydrogen-bond acceptors (Lipinski definition) is 4. The normalized spacial score (nSPS) is 21.7. The summed E-state index contributed by atoms with van der Waals surface area (Å²) in [6.07, 6.45) is 4.04. The fourth-order valence-electron chi connectivity index (χ4n) is 3.15. The Balaban J connectivity index is 2.06. The van der Waals surface area contributed by atoms with E-state index in [2.05, 4.69) is 10.2 Å². The molecule has 1 saturated heterocycles. The van der Waals surface area contributed by atoms with E-state index in [0.717, 1.165) is 25.1 Å². The Kier molecular flexibility index (Phi) is 3.37. The minimum Gasteiger partial charge on any atom is -0.368 e. The number of carbonyl (C=O) groups excluding carboxylic acids is 1. The van der Waals surface area contributed by atoms with Crippen LogP contribution in [0, 0.1) is 0 Å². The van der Waals surface area contributed by atoms with E-state index in [1.54, 1.807) is 6.33 Å². The van der Waals surface area contributed by atoms with Gasteiger partial charge in [0.2, 0.25) is 11.9 Å². The van der Waals surface area contributed by atoms with E-state index in [1.807, 2.05) is 46.7 Å². The highest BCUT2D eigenvalue weighted by molar-refractivity contribution is 5.88. The van der Waals surface area contributed by atoms with E-state index < -0.39 is 5.54 Å². The lowest BCUT2D eigenvalue weighted by Gasteiger charge is -2.35. The molecule has 1 aliphatic heterocycles. The Labute approximate surface area is 123 Å². The molecule has 0 spiro atoms. The zero-order valence-corrected chi connectivity index (χ0v) is 12.1. The molecule has 0 radical (unpaired) electrons. The average molecular weight is 285 g/mol. The zero-order chi connectivity index (χ0) is 14.9. The average Bonchev–Trinajstić information content (AvgIpc) is 3.14. The Morgan fingerprint density at radius 3 is 2.81 bits per heavy atom. The van der Waals surface area contributed by atoms with Gasteiger partial charge >= 0.3 is 0 Å². The van der Waals surface area contributed by atoms with Gasteiger partial charge in [-0.1, -0.05) is 25.1 Å². The van der Waals surface area contributed by atoms with Crippen LogP contribution in [0.15, 0.2) is 36.7 Å². The van der Waals surface area contributed by atoms with Crippen LogP contribution in [0.3, 0.4) is 0 Å². The Hall–Kier alpha value is -2.37. The highest BCUT2D eigenvalue weighted by Crippen LogP contribution is 2.36. The van der Waals surface area contributed by atoms with Crippen LogP contribution in [0.4, 0.5) is 5.95 Å². The molecule has 6 nitrogen and oxygen atoms in total. The summed E-state index contributed by atoms with van der Waals surface area (Å²) in [6.45, 7) is 2.76. The van der Waals surface area contributed by atoms with Gasteiger partial charge in [0.15, 0.2) is 0 Å². The molecule has 0 aliphatic carbocycles. The fourth-order valence-corrected chi connectivity index (χ4v) is 3.15. The number of amides is 1. The Morgan fingerprint density at radius 1 is 1.38 bits per heavy atom. The van der Waals surface area contributed by atoms with Crippen molar-refractivity contribution in [2.75, 3.05) is 11.4 Å². The lowest BCUT2D eigenvalue weighted by Crippen LogP contribution is -2.54. The maximum atomic E-state index is 12.0. The smallest absolute Gasteiger partial charge is 0.243 e. The van der Waals surface area contributed by atoms with E-state index in [9.17, 15) is 4.79 Å². The second kappa shape index (κ2) is 5.20. The Bertz CT molecular complexity index is 639. The van der Waals surface area contributed by atoms with Gasteiger partial charge in [-0.2, -0.15) is 0 Å². The summed E-state index contributed by atoms with van der Waals surface area (Å²) in [5.41, 5.74) is 6.01. The molecule has 1 unspecified atom stereocenters. The van der Waals surface area contributed by atoms with Gasteiger partial charge in [0.1, 0.15) is 11.9 Å². The molecule has 1 amide bonds. The molecule has 2 heterocycles. The second-order valence-electron chi connectivity index (χ2n) is 5.34. The maximum Gasteiger partial charge on any atom is 0.243 e. The molecule has 21 heavy (non-hydrogen) atoms. The number of carbonyl (C=O) groups is 1. The molecule has 1 fully saturated rings. The van der Waals surface area contributed by atoms with Crippen LogP contribution in [-0.2, 0) is 4.79 Å². The number of para-hydroxylation sites is 1. The Morgan fingerprint density at radius 2 is 2.14 bits per heavy atom. The minimum absolute atomic E-state index is 0.287. The van der Waals surface area contributed by atoms with Crippen molar-refractivity contribution in [1.29, 1.82) is 0 Å². The molecule has 6 heteroatoms. The van der Waals surface area contributed by atoms with Crippen LogP contribution < -0.4 is 10.6 Å². The van der Waals surface area contributed by atoms with Crippen LogP contribution >= 0.6 is 0 Å². The minimum atomic E-state index is -0.653. The summed E-state index contributed by atoms with van der Waals surface area (Å²) in [4.78, 5) is 14.0. The second-order valence-corrected chi connectivity index (χ2v) is 5.34. The van der Waals surface area contributed by atoms with E-state index in [4.69, 9.17) is 5.73 Å². The molecule has 110 valence electrons. The summed E-state index contributed by atoms with van der Waals surface area (Å²) >= 11 is 0.